The summed E-state index contributed by atoms with van der Waals surface area (Å²) in [5.41, 5.74) is 1.42. The molecule has 2 aromatic rings. The second-order valence-electron chi connectivity index (χ2n) is 10.1. The number of hydrogen-bond donors (Lipinski definition) is 0. The average Bonchev–Trinajstić information content (AvgIpc) is 3.01. The summed E-state index contributed by atoms with van der Waals surface area (Å²) in [4.78, 5) is 11.5. The van der Waals surface area contributed by atoms with Crippen molar-refractivity contribution in [3.05, 3.63) is 42.2 Å². The summed E-state index contributed by atoms with van der Waals surface area (Å²) in [6.45, 7) is 14.4. The molecule has 0 spiro atoms. The van der Waals surface area contributed by atoms with Crippen molar-refractivity contribution in [3.63, 3.8) is 0 Å². The van der Waals surface area contributed by atoms with Gasteiger partial charge in [-0.05, 0) is 51.7 Å². The van der Waals surface area contributed by atoms with E-state index >= 15 is 0 Å². The van der Waals surface area contributed by atoms with E-state index < -0.39 is 7.12 Å². The Bertz CT molecular complexity index is 895. The van der Waals surface area contributed by atoms with Crippen LogP contribution in [0.4, 0.5) is 5.95 Å². The van der Waals surface area contributed by atoms with Crippen molar-refractivity contribution in [1.29, 1.82) is 0 Å². The van der Waals surface area contributed by atoms with E-state index in [1.54, 1.807) is 0 Å². The number of aromatic nitrogens is 2. The van der Waals surface area contributed by atoms with Crippen LogP contribution in [-0.4, -0.2) is 47.5 Å². The second kappa shape index (κ2) is 9.03. The maximum absolute atomic E-state index is 6.42. The molecule has 0 amide bonds. The van der Waals surface area contributed by atoms with Crippen molar-refractivity contribution in [2.75, 3.05) is 18.0 Å². The van der Waals surface area contributed by atoms with E-state index in [-0.39, 0.29) is 17.3 Å². The van der Waals surface area contributed by atoms with Crippen LogP contribution >= 0.6 is 0 Å². The minimum absolute atomic E-state index is 0.223. The van der Waals surface area contributed by atoms with Gasteiger partial charge >= 0.3 is 7.12 Å². The van der Waals surface area contributed by atoms with Gasteiger partial charge in [-0.3, -0.25) is 0 Å². The Morgan fingerprint density at radius 3 is 2.25 bits per heavy atom. The zero-order valence-electron chi connectivity index (χ0n) is 20.3. The summed E-state index contributed by atoms with van der Waals surface area (Å²) in [6, 6.07) is 8.45. The lowest BCUT2D eigenvalue weighted by Crippen LogP contribution is -2.41. The van der Waals surface area contributed by atoms with Crippen LogP contribution in [0.25, 0.3) is 0 Å². The van der Waals surface area contributed by atoms with E-state index in [4.69, 9.17) is 14.0 Å². The molecule has 3 heterocycles. The van der Waals surface area contributed by atoms with E-state index in [1.807, 2.05) is 12.4 Å². The molecule has 0 N–H and O–H groups in total. The maximum Gasteiger partial charge on any atom is 0.498 e. The lowest BCUT2D eigenvalue weighted by Gasteiger charge is -2.32. The van der Waals surface area contributed by atoms with Crippen LogP contribution in [0.5, 0.6) is 5.75 Å². The minimum Gasteiger partial charge on any atom is -0.490 e. The molecule has 0 radical (unpaired) electrons. The molecule has 0 bridgehead atoms. The van der Waals surface area contributed by atoms with Crippen LogP contribution in [-0.2, 0) is 9.31 Å². The van der Waals surface area contributed by atoms with Crippen molar-refractivity contribution < 1.29 is 14.0 Å². The summed E-state index contributed by atoms with van der Waals surface area (Å²) in [7, 11) is -0.432. The van der Waals surface area contributed by atoms with E-state index in [9.17, 15) is 0 Å². The van der Waals surface area contributed by atoms with Gasteiger partial charge in [-0.15, -0.1) is 0 Å². The molecule has 7 heteroatoms. The predicted octanol–water partition coefficient (Wildman–Crippen LogP) is 4.34. The fourth-order valence-corrected chi connectivity index (χ4v) is 4.16. The van der Waals surface area contributed by atoms with Crippen molar-refractivity contribution >= 4 is 18.5 Å². The quantitative estimate of drug-likeness (QED) is 0.627. The van der Waals surface area contributed by atoms with E-state index in [1.165, 1.54) is 5.56 Å². The highest BCUT2D eigenvalue weighted by Gasteiger charge is 2.52. The number of para-hydroxylation sites is 1. The van der Waals surface area contributed by atoms with Crippen LogP contribution < -0.4 is 15.1 Å². The first-order valence-corrected chi connectivity index (χ1v) is 11.9. The third kappa shape index (κ3) is 4.64. The van der Waals surface area contributed by atoms with Crippen molar-refractivity contribution in [1.82, 2.24) is 9.97 Å². The van der Waals surface area contributed by atoms with Gasteiger partial charge in [0.25, 0.3) is 0 Å². The van der Waals surface area contributed by atoms with E-state index in [0.717, 1.165) is 49.5 Å². The fourth-order valence-electron chi connectivity index (χ4n) is 4.16. The summed E-state index contributed by atoms with van der Waals surface area (Å²) < 4.78 is 18.6. The highest BCUT2D eigenvalue weighted by atomic mass is 16.7. The van der Waals surface area contributed by atoms with Crippen LogP contribution in [0, 0.1) is 0 Å². The van der Waals surface area contributed by atoms with Gasteiger partial charge in [0, 0.05) is 43.8 Å². The lowest BCUT2D eigenvalue weighted by atomic mass is 9.81. The van der Waals surface area contributed by atoms with Crippen molar-refractivity contribution in [3.8, 4) is 5.75 Å². The van der Waals surface area contributed by atoms with Gasteiger partial charge in [-0.2, -0.15) is 0 Å². The maximum atomic E-state index is 6.42. The Labute approximate surface area is 192 Å². The molecular formula is C25H36BN3O3. The Balaban J connectivity index is 1.34. The molecule has 172 valence electrons. The summed E-state index contributed by atoms with van der Waals surface area (Å²) >= 11 is 0. The average molecular weight is 437 g/mol. The van der Waals surface area contributed by atoms with Gasteiger partial charge in [0.05, 0.1) is 11.2 Å². The first kappa shape index (κ1) is 23.1. The van der Waals surface area contributed by atoms with Gasteiger partial charge in [0.2, 0.25) is 5.95 Å². The zero-order chi connectivity index (χ0) is 22.9. The van der Waals surface area contributed by atoms with Gasteiger partial charge in [-0.25, -0.2) is 9.97 Å². The molecule has 1 aromatic heterocycles. The van der Waals surface area contributed by atoms with Crippen LogP contribution in [0.2, 0.25) is 0 Å². The summed E-state index contributed by atoms with van der Waals surface area (Å²) in [6.07, 6.45) is 6.90. The van der Waals surface area contributed by atoms with E-state index in [2.05, 4.69) is 80.7 Å². The van der Waals surface area contributed by atoms with Gasteiger partial charge in [0.15, 0.2) is 0 Å². The van der Waals surface area contributed by atoms with Crippen LogP contribution in [0.3, 0.4) is 0 Å². The van der Waals surface area contributed by atoms with Gasteiger partial charge < -0.3 is 18.9 Å². The minimum atomic E-state index is -0.432. The normalized spacial score (nSPS) is 21.6. The molecule has 0 saturated carbocycles. The monoisotopic (exact) mass is 437 g/mol. The zero-order valence-corrected chi connectivity index (χ0v) is 20.3. The second-order valence-corrected chi connectivity index (χ2v) is 10.1. The highest BCUT2D eigenvalue weighted by Crippen LogP contribution is 2.36. The first-order chi connectivity index (χ1) is 15.2. The molecule has 4 rings (SSSR count). The molecule has 2 aliphatic heterocycles. The molecule has 0 aliphatic carbocycles. The number of rotatable bonds is 6. The molecular weight excluding hydrogens is 401 g/mol. The Kier molecular flexibility index (Phi) is 6.50. The third-order valence-corrected chi connectivity index (χ3v) is 7.26. The molecule has 1 atom stereocenters. The number of nitrogens with zero attached hydrogens (tertiary/aromatic N) is 3. The SMILES string of the molecule is CC[C@H](C)c1ccccc1OC1CCN(c2ncc(B3OC(C)(C)C(C)(C)O3)cn2)CC1. The lowest BCUT2D eigenvalue weighted by molar-refractivity contribution is 0.00578. The molecule has 1 aromatic carbocycles. The first-order valence-electron chi connectivity index (χ1n) is 11.9. The highest BCUT2D eigenvalue weighted by molar-refractivity contribution is 6.61. The molecule has 2 saturated heterocycles. The summed E-state index contributed by atoms with van der Waals surface area (Å²) in [5, 5.41) is 0. The predicted molar refractivity (Wildman–Crippen MR) is 129 cm³/mol. The largest absolute Gasteiger partial charge is 0.498 e. The van der Waals surface area contributed by atoms with Crippen molar-refractivity contribution in [2.45, 2.75) is 84.0 Å². The number of anilines is 1. The molecule has 0 unspecified atom stereocenters. The van der Waals surface area contributed by atoms with Gasteiger partial charge in [-0.1, -0.05) is 32.0 Å². The molecule has 6 nitrogen and oxygen atoms in total. The third-order valence-electron chi connectivity index (χ3n) is 7.26. The molecule has 2 aliphatic rings. The standard InChI is InChI=1S/C25H36BN3O3/c1-7-18(2)21-10-8-9-11-22(21)30-20-12-14-29(15-13-20)23-27-16-19(17-28-23)26-31-24(3,4)25(5,6)32-26/h8-11,16-18,20H,7,12-15H2,1-6H3/t18-/m0/s1. The van der Waals surface area contributed by atoms with Crippen molar-refractivity contribution in [2.24, 2.45) is 0 Å². The van der Waals surface area contributed by atoms with E-state index in [0.29, 0.717) is 5.92 Å². The van der Waals surface area contributed by atoms with Gasteiger partial charge in [0.1, 0.15) is 11.9 Å². The number of benzene rings is 1. The Morgan fingerprint density at radius 1 is 1.06 bits per heavy atom. The topological polar surface area (TPSA) is 56.7 Å². The Hall–Kier alpha value is -2.12. The number of ether oxygens (including phenoxy) is 1. The smallest absolute Gasteiger partial charge is 0.490 e. The fraction of sp³-hybridized carbons (Fsp3) is 0.600. The summed E-state index contributed by atoms with van der Waals surface area (Å²) in [5.74, 6) is 2.29. The molecule has 32 heavy (non-hydrogen) atoms. The Morgan fingerprint density at radius 2 is 1.66 bits per heavy atom. The number of hydrogen-bond acceptors (Lipinski definition) is 6. The molecule has 2 fully saturated rings. The number of piperidine rings is 1. The van der Waals surface area contributed by atoms with Crippen LogP contribution in [0.15, 0.2) is 36.7 Å². The van der Waals surface area contributed by atoms with Crippen LogP contribution in [0.1, 0.15) is 72.3 Å².